The van der Waals surface area contributed by atoms with Crippen molar-refractivity contribution in [2.45, 2.75) is 23.2 Å². The van der Waals surface area contributed by atoms with Gasteiger partial charge < -0.3 is 0 Å². The highest BCUT2D eigenvalue weighted by atomic mass is 32.2. The number of hydrogen-bond donors (Lipinski definition) is 0. The highest BCUT2D eigenvalue weighted by Crippen LogP contribution is 2.30. The number of nitrogens with zero attached hydrogens (tertiary/aromatic N) is 2. The van der Waals surface area contributed by atoms with E-state index < -0.39 is 0 Å². The number of pyridine rings is 1. The highest BCUT2D eigenvalue weighted by Gasteiger charge is 2.10. The molecule has 0 radical (unpaired) electrons. The number of ketones is 1. The molecule has 82 valence electrons. The normalized spacial score (nSPS) is 10.4. The smallest absolute Gasteiger partial charge is 0.162 e. The third kappa shape index (κ3) is 2.48. The van der Waals surface area contributed by atoms with Gasteiger partial charge in [-0.25, -0.2) is 9.97 Å². The molecule has 0 N–H and O–H groups in total. The second-order valence-electron chi connectivity index (χ2n) is 3.27. The van der Waals surface area contributed by atoms with Crippen molar-refractivity contribution in [3.63, 3.8) is 0 Å². The van der Waals surface area contributed by atoms with E-state index in [9.17, 15) is 4.79 Å². The maximum Gasteiger partial charge on any atom is 0.162 e. The van der Waals surface area contributed by atoms with Crippen molar-refractivity contribution >= 4 is 28.9 Å². The summed E-state index contributed by atoms with van der Waals surface area (Å²) in [5, 5.41) is 2.71. The molecule has 0 amide bonds. The van der Waals surface area contributed by atoms with E-state index in [0.29, 0.717) is 5.56 Å². The molecule has 0 bridgehead atoms. The quantitative estimate of drug-likeness (QED) is 0.785. The first-order valence-electron chi connectivity index (χ1n) is 4.73. The molecule has 0 fully saturated rings. The number of hydrogen-bond acceptors (Lipinski definition) is 5. The van der Waals surface area contributed by atoms with E-state index >= 15 is 0 Å². The Labute approximate surface area is 102 Å². The lowest BCUT2D eigenvalue weighted by Gasteiger charge is -2.01. The molecule has 0 aromatic carbocycles. The first kappa shape index (κ1) is 11.3. The van der Waals surface area contributed by atoms with Crippen LogP contribution in [0.5, 0.6) is 0 Å². The van der Waals surface area contributed by atoms with Gasteiger partial charge in [0, 0.05) is 22.8 Å². The van der Waals surface area contributed by atoms with Crippen LogP contribution in [-0.2, 0) is 0 Å². The molecular formula is C11H10N2OS2. The van der Waals surface area contributed by atoms with Gasteiger partial charge in [-0.3, -0.25) is 4.79 Å². The van der Waals surface area contributed by atoms with Crippen molar-refractivity contribution in [3.05, 3.63) is 35.0 Å². The van der Waals surface area contributed by atoms with E-state index in [0.717, 1.165) is 15.1 Å². The van der Waals surface area contributed by atoms with E-state index in [1.807, 2.05) is 12.3 Å². The lowest BCUT2D eigenvalue weighted by Crippen LogP contribution is -1.96. The van der Waals surface area contributed by atoms with Crippen LogP contribution in [0.3, 0.4) is 0 Å². The Balaban J connectivity index is 2.31. The van der Waals surface area contributed by atoms with Crippen molar-refractivity contribution in [1.29, 1.82) is 0 Å². The molecule has 0 saturated heterocycles. The Morgan fingerprint density at radius 1 is 1.50 bits per heavy atom. The van der Waals surface area contributed by atoms with Crippen molar-refractivity contribution in [1.82, 2.24) is 9.97 Å². The Morgan fingerprint density at radius 2 is 2.31 bits per heavy atom. The fourth-order valence-electron chi connectivity index (χ4n) is 1.20. The Morgan fingerprint density at radius 3 is 2.94 bits per heavy atom. The molecule has 5 heteroatoms. The average Bonchev–Trinajstić information content (AvgIpc) is 2.64. The molecular weight excluding hydrogens is 240 g/mol. The van der Waals surface area contributed by atoms with Crippen LogP contribution < -0.4 is 0 Å². The fourth-order valence-corrected chi connectivity index (χ4v) is 3.09. The van der Waals surface area contributed by atoms with Crippen LogP contribution in [0, 0.1) is 6.92 Å². The molecule has 2 rings (SSSR count). The summed E-state index contributed by atoms with van der Waals surface area (Å²) in [6.45, 7) is 3.50. The van der Waals surface area contributed by atoms with Crippen molar-refractivity contribution in [2.24, 2.45) is 0 Å². The third-order valence-corrected chi connectivity index (χ3v) is 4.01. The number of carbonyl (C=O) groups excluding carboxylic acids is 1. The third-order valence-electron chi connectivity index (χ3n) is 1.93. The molecule has 0 spiro atoms. The van der Waals surface area contributed by atoms with Gasteiger partial charge in [0.25, 0.3) is 0 Å². The molecule has 0 aliphatic heterocycles. The maximum atomic E-state index is 11.4. The first-order chi connectivity index (χ1) is 7.66. The lowest BCUT2D eigenvalue weighted by atomic mass is 10.2. The largest absolute Gasteiger partial charge is 0.294 e. The number of thiazole rings is 1. The minimum atomic E-state index is 0.0314. The van der Waals surface area contributed by atoms with Gasteiger partial charge in [0.15, 0.2) is 10.1 Å². The standard InChI is InChI=1S/C11H10N2OS2/c1-7-6-15-11(13-7)16-10-9(8(2)14)4-3-5-12-10/h3-6H,1-2H3. The minimum Gasteiger partial charge on any atom is -0.294 e. The molecule has 0 aliphatic rings. The fraction of sp³-hybridized carbons (Fsp3) is 0.182. The van der Waals surface area contributed by atoms with Crippen LogP contribution in [0.25, 0.3) is 0 Å². The molecule has 0 aliphatic carbocycles. The zero-order chi connectivity index (χ0) is 11.5. The monoisotopic (exact) mass is 250 g/mol. The van der Waals surface area contributed by atoms with E-state index in [-0.39, 0.29) is 5.78 Å². The van der Waals surface area contributed by atoms with Gasteiger partial charge in [-0.15, -0.1) is 11.3 Å². The predicted molar refractivity (Wildman–Crippen MR) is 65.2 cm³/mol. The molecule has 2 heterocycles. The molecule has 2 aromatic heterocycles. The van der Waals surface area contributed by atoms with E-state index in [1.54, 1.807) is 36.6 Å². The topological polar surface area (TPSA) is 42.9 Å². The summed E-state index contributed by atoms with van der Waals surface area (Å²) in [4.78, 5) is 19.9. The SMILES string of the molecule is CC(=O)c1cccnc1Sc1nc(C)cs1. The van der Waals surface area contributed by atoms with E-state index in [1.165, 1.54) is 11.8 Å². The number of aromatic nitrogens is 2. The van der Waals surface area contributed by atoms with Crippen LogP contribution in [-0.4, -0.2) is 15.8 Å². The van der Waals surface area contributed by atoms with Crippen molar-refractivity contribution in [3.8, 4) is 0 Å². The summed E-state index contributed by atoms with van der Waals surface area (Å²) < 4.78 is 0.915. The minimum absolute atomic E-state index is 0.0314. The van der Waals surface area contributed by atoms with Crippen molar-refractivity contribution < 1.29 is 4.79 Å². The first-order valence-corrected chi connectivity index (χ1v) is 6.42. The van der Waals surface area contributed by atoms with Gasteiger partial charge in [-0.2, -0.15) is 0 Å². The molecule has 0 unspecified atom stereocenters. The summed E-state index contributed by atoms with van der Waals surface area (Å²) in [5.41, 5.74) is 1.65. The van der Waals surface area contributed by atoms with Crippen LogP contribution >= 0.6 is 23.1 Å². The summed E-state index contributed by atoms with van der Waals surface area (Å²) in [5.74, 6) is 0.0314. The summed E-state index contributed by atoms with van der Waals surface area (Å²) in [6, 6.07) is 3.56. The maximum absolute atomic E-state index is 11.4. The van der Waals surface area contributed by atoms with E-state index in [2.05, 4.69) is 9.97 Å². The Hall–Kier alpha value is -1.20. The highest BCUT2D eigenvalue weighted by molar-refractivity contribution is 8.01. The number of carbonyl (C=O) groups is 1. The average molecular weight is 250 g/mol. The van der Waals surface area contributed by atoms with Crippen LogP contribution in [0.1, 0.15) is 23.0 Å². The zero-order valence-electron chi connectivity index (χ0n) is 8.93. The second kappa shape index (κ2) is 4.76. The summed E-state index contributed by atoms with van der Waals surface area (Å²) in [7, 11) is 0. The Bertz CT molecular complexity index is 522. The van der Waals surface area contributed by atoms with Crippen LogP contribution in [0.15, 0.2) is 33.1 Å². The summed E-state index contributed by atoms with van der Waals surface area (Å²) in [6.07, 6.45) is 1.69. The number of aryl methyl sites for hydroxylation is 1. The number of rotatable bonds is 3. The molecule has 0 saturated carbocycles. The predicted octanol–water partition coefficient (Wildman–Crippen LogP) is 3.20. The van der Waals surface area contributed by atoms with Crippen LogP contribution in [0.4, 0.5) is 0 Å². The second-order valence-corrected chi connectivity index (χ2v) is 5.36. The van der Waals surface area contributed by atoms with Gasteiger partial charge in [-0.05, 0) is 37.7 Å². The lowest BCUT2D eigenvalue weighted by molar-refractivity contribution is 0.101. The van der Waals surface area contributed by atoms with Gasteiger partial charge in [0.2, 0.25) is 0 Å². The van der Waals surface area contributed by atoms with Gasteiger partial charge in [0.05, 0.1) is 0 Å². The van der Waals surface area contributed by atoms with Gasteiger partial charge >= 0.3 is 0 Å². The van der Waals surface area contributed by atoms with Gasteiger partial charge in [-0.1, -0.05) is 0 Å². The Kier molecular flexibility index (Phi) is 3.36. The van der Waals surface area contributed by atoms with Gasteiger partial charge in [0.1, 0.15) is 5.03 Å². The zero-order valence-corrected chi connectivity index (χ0v) is 10.6. The molecule has 16 heavy (non-hydrogen) atoms. The molecule has 2 aromatic rings. The van der Waals surface area contributed by atoms with Crippen molar-refractivity contribution in [2.75, 3.05) is 0 Å². The summed E-state index contributed by atoms with van der Waals surface area (Å²) >= 11 is 3.00. The van der Waals surface area contributed by atoms with Crippen LogP contribution in [0.2, 0.25) is 0 Å². The molecule has 0 atom stereocenters. The number of Topliss-reactive ketones (excluding diaryl/α,β-unsaturated/α-hetero) is 1. The molecule has 3 nitrogen and oxygen atoms in total. The van der Waals surface area contributed by atoms with E-state index in [4.69, 9.17) is 0 Å².